The van der Waals surface area contributed by atoms with Crippen LogP contribution in [0.2, 0.25) is 0 Å². The van der Waals surface area contributed by atoms with E-state index in [2.05, 4.69) is 262 Å². The molecule has 0 saturated carbocycles. The first-order chi connectivity index (χ1) is 37.1. The molecule has 0 fully saturated rings. The van der Waals surface area contributed by atoms with Gasteiger partial charge in [0.2, 0.25) is 0 Å². The third kappa shape index (κ3) is 5.66. The van der Waals surface area contributed by atoms with Crippen molar-refractivity contribution in [3.8, 4) is 28.2 Å². The van der Waals surface area contributed by atoms with Gasteiger partial charge < -0.3 is 13.7 Å². The third-order valence-electron chi connectivity index (χ3n) is 19.4. The molecule has 7 heterocycles. The lowest BCUT2D eigenvalue weighted by atomic mass is 9.34. The van der Waals surface area contributed by atoms with Crippen molar-refractivity contribution < 1.29 is 0 Å². The Hall–Kier alpha value is -7.34. The molecule has 3 aromatic heterocycles. The average Bonchev–Trinajstić information content (AvgIpc) is 4.30. The van der Waals surface area contributed by atoms with E-state index in [0.29, 0.717) is 5.92 Å². The smallest absolute Gasteiger partial charge is 0.252 e. The van der Waals surface area contributed by atoms with Crippen LogP contribution in [0.5, 0.6) is 0 Å². The number of rotatable bonds is 2. The van der Waals surface area contributed by atoms with Crippen LogP contribution in [0.1, 0.15) is 131 Å². The van der Waals surface area contributed by atoms with Gasteiger partial charge in [0.15, 0.2) is 8.07 Å². The van der Waals surface area contributed by atoms with Crippen molar-refractivity contribution in [3.05, 3.63) is 179 Å². The molecule has 0 N–H and O–H groups in total. The highest BCUT2D eigenvalue weighted by molar-refractivity contribution is 7.24. The minimum Gasteiger partial charge on any atom is -0.310 e. The van der Waals surface area contributed by atoms with Gasteiger partial charge >= 0.3 is 0 Å². The fourth-order valence-electron chi connectivity index (χ4n) is 15.4. The number of hydrogen-bond acceptors (Lipinski definition) is 0. The lowest BCUT2D eigenvalue weighted by molar-refractivity contribution is 0.590. The molecule has 12 aromatic rings. The molecular weight excluding hydrogens is 958 g/mol. The van der Waals surface area contributed by atoms with E-state index in [1.807, 2.05) is 0 Å². The first kappa shape index (κ1) is 46.7. The largest absolute Gasteiger partial charge is 0.310 e. The highest BCUT2D eigenvalue weighted by Gasteiger charge is 2.57. The van der Waals surface area contributed by atoms with Crippen LogP contribution in [0.3, 0.4) is 0 Å². The van der Waals surface area contributed by atoms with Crippen molar-refractivity contribution in [2.24, 2.45) is 0 Å². The highest BCUT2D eigenvalue weighted by atomic mass is 28.3. The Morgan fingerprint density at radius 3 is 1.51 bits per heavy atom. The number of nitrogens with zero attached hydrogens (tertiary/aromatic N) is 3. The molecule has 4 aliphatic rings. The molecule has 0 amide bonds. The normalized spacial score (nSPS) is 15.0. The summed E-state index contributed by atoms with van der Waals surface area (Å²) >= 11 is 0. The predicted octanol–water partition coefficient (Wildman–Crippen LogP) is 14.1. The Labute approximate surface area is 460 Å². The summed E-state index contributed by atoms with van der Waals surface area (Å²) in [4.78, 5) is 0. The first-order valence-corrected chi connectivity index (χ1v) is 30.8. The Bertz CT molecular complexity index is 4670. The van der Waals surface area contributed by atoms with Gasteiger partial charge in [-0.2, -0.15) is 0 Å². The zero-order chi connectivity index (χ0) is 53.8. The number of para-hydroxylation sites is 2. The Morgan fingerprint density at radius 2 is 0.923 bits per heavy atom. The summed E-state index contributed by atoms with van der Waals surface area (Å²) < 4.78 is 8.14. The van der Waals surface area contributed by atoms with Gasteiger partial charge in [-0.25, -0.2) is 0 Å². The fourth-order valence-corrected chi connectivity index (χ4v) is 21.0. The molecule has 0 radical (unpaired) electrons. The molecule has 3 nitrogen and oxygen atoms in total. The summed E-state index contributed by atoms with van der Waals surface area (Å²) in [6, 6.07) is 61.8. The summed E-state index contributed by atoms with van der Waals surface area (Å²) in [6.07, 6.45) is 0. The van der Waals surface area contributed by atoms with E-state index >= 15 is 0 Å². The van der Waals surface area contributed by atoms with E-state index in [9.17, 15) is 0 Å². The van der Waals surface area contributed by atoms with Gasteiger partial charge in [-0.1, -0.05) is 200 Å². The summed E-state index contributed by atoms with van der Waals surface area (Å²) in [5.74, 6) is 0.451. The van der Waals surface area contributed by atoms with Crippen LogP contribution in [-0.4, -0.2) is 28.5 Å². The summed E-state index contributed by atoms with van der Waals surface area (Å²) in [5, 5.41) is 14.3. The van der Waals surface area contributed by atoms with Crippen LogP contribution in [0.4, 0.5) is 0 Å². The highest BCUT2D eigenvalue weighted by Crippen LogP contribution is 2.48. The maximum absolute atomic E-state index is 3.18. The van der Waals surface area contributed by atoms with Gasteiger partial charge in [0, 0.05) is 54.9 Å². The number of fused-ring (bicyclic) bond motifs is 18. The van der Waals surface area contributed by atoms with Gasteiger partial charge in [-0.05, 0) is 152 Å². The van der Waals surface area contributed by atoms with Gasteiger partial charge in [-0.3, -0.25) is 0 Å². The summed E-state index contributed by atoms with van der Waals surface area (Å²) in [6.45, 7) is 33.5. The zero-order valence-corrected chi connectivity index (χ0v) is 48.9. The van der Waals surface area contributed by atoms with Crippen LogP contribution in [-0.2, 0) is 21.7 Å². The molecule has 5 heteroatoms. The van der Waals surface area contributed by atoms with Crippen molar-refractivity contribution >= 4 is 117 Å². The molecule has 0 bridgehead atoms. The Balaban J connectivity index is 1.16. The molecule has 78 heavy (non-hydrogen) atoms. The van der Waals surface area contributed by atoms with E-state index in [4.69, 9.17) is 0 Å². The van der Waals surface area contributed by atoms with E-state index < -0.39 is 8.07 Å². The molecule has 1 spiro atoms. The van der Waals surface area contributed by atoms with Crippen molar-refractivity contribution in [3.63, 3.8) is 0 Å². The van der Waals surface area contributed by atoms with Gasteiger partial charge in [-0.15, -0.1) is 0 Å². The first-order valence-electron chi connectivity index (χ1n) is 28.8. The monoisotopic (exact) mass is 1030 g/mol. The summed E-state index contributed by atoms with van der Waals surface area (Å²) in [7, 11) is -3.18. The number of aromatic nitrogens is 3. The zero-order valence-electron chi connectivity index (χ0n) is 47.9. The standard InChI is InChI=1S/C73H68BN3Si/c1-40(2)41-23-27-46(28-24-41)75-55-21-17-15-19-49(55)63-58(75)39-54-68-64(63)50-20-16-18-22-56(50)76(68)57-31-32-59-69-65(57)74(54)53-35-44(72(9,10)11)33-51-52-34-45(73(12,13)14)38-62(67(52)77(69)66(51)53)78(59)60-36-42(70(3,4)5)25-29-47(60)48-30-26-43(37-61(48)78)71(6,7)8/h15-40H,1-14H3. The van der Waals surface area contributed by atoms with Crippen LogP contribution < -0.4 is 37.1 Å². The molecule has 0 unspecified atom stereocenters. The van der Waals surface area contributed by atoms with Crippen molar-refractivity contribution in [2.45, 2.75) is 125 Å². The second-order valence-electron chi connectivity index (χ2n) is 28.4. The molecule has 0 saturated heterocycles. The minimum absolute atomic E-state index is 0.0353. The van der Waals surface area contributed by atoms with E-state index in [1.54, 1.807) is 15.6 Å². The number of benzene rings is 9. The minimum atomic E-state index is -3.18. The van der Waals surface area contributed by atoms with Gasteiger partial charge in [0.05, 0.1) is 27.6 Å². The molecule has 0 aliphatic carbocycles. The van der Waals surface area contributed by atoms with E-state index in [1.165, 1.54) is 143 Å². The van der Waals surface area contributed by atoms with Crippen molar-refractivity contribution in [1.29, 1.82) is 0 Å². The molecule has 4 aliphatic heterocycles. The average molecular weight is 1030 g/mol. The topological polar surface area (TPSA) is 14.8 Å². The lowest BCUT2D eigenvalue weighted by Gasteiger charge is -2.43. The van der Waals surface area contributed by atoms with Gasteiger partial charge in [0.25, 0.3) is 6.71 Å². The maximum Gasteiger partial charge on any atom is 0.252 e. The van der Waals surface area contributed by atoms with E-state index in [0.717, 1.165) is 0 Å². The second-order valence-corrected chi connectivity index (χ2v) is 32.0. The molecule has 0 atom stereocenters. The van der Waals surface area contributed by atoms with Crippen LogP contribution in [0.25, 0.3) is 93.6 Å². The van der Waals surface area contributed by atoms with Crippen LogP contribution >= 0.6 is 0 Å². The lowest BCUT2D eigenvalue weighted by Crippen LogP contribution is -2.77. The molecule has 9 aromatic carbocycles. The SMILES string of the molecule is CC(C)c1ccc(-n2c3ccccc3c3c4c5ccccc5n5c4c(cc32)B2c3c-5ccc4c3-n3c5c2cc(C(C)(C)C)cc5c2cc(C(C)(C)C)cc(c23)[Si]42c3cc(C(C)(C)C)ccc3-c3ccc(C(C)(C)C)cc32)cc1. The Morgan fingerprint density at radius 1 is 0.397 bits per heavy atom. The van der Waals surface area contributed by atoms with Crippen LogP contribution in [0, 0.1) is 0 Å². The Kier molecular flexibility index (Phi) is 8.78. The quantitative estimate of drug-likeness (QED) is 0.153. The molecule has 382 valence electrons. The second kappa shape index (κ2) is 14.7. The van der Waals surface area contributed by atoms with Gasteiger partial charge in [0.1, 0.15) is 0 Å². The van der Waals surface area contributed by atoms with Crippen molar-refractivity contribution in [1.82, 2.24) is 13.7 Å². The maximum atomic E-state index is 2.84. The third-order valence-corrected chi connectivity index (χ3v) is 24.2. The van der Waals surface area contributed by atoms with Crippen LogP contribution in [0.15, 0.2) is 152 Å². The number of hydrogen-bond donors (Lipinski definition) is 0. The molecule has 16 rings (SSSR count). The van der Waals surface area contributed by atoms with E-state index in [-0.39, 0.29) is 28.4 Å². The summed E-state index contributed by atoms with van der Waals surface area (Å²) in [5.41, 5.74) is 25.7. The van der Waals surface area contributed by atoms with Crippen molar-refractivity contribution in [2.75, 3.05) is 0 Å². The molecular formula is C73H68BN3Si. The predicted molar refractivity (Wildman–Crippen MR) is 339 cm³/mol. The fraction of sp³-hybridized carbons (Fsp3) is 0.260.